The molecule has 0 radical (unpaired) electrons. The molecule has 0 saturated carbocycles. The van der Waals surface area contributed by atoms with E-state index in [1.165, 1.54) is 5.01 Å². The fourth-order valence-corrected chi connectivity index (χ4v) is 4.11. The van der Waals surface area contributed by atoms with Crippen molar-refractivity contribution in [2.45, 2.75) is 18.8 Å². The summed E-state index contributed by atoms with van der Waals surface area (Å²) in [5, 5.41) is 12.5. The first-order valence-electron chi connectivity index (χ1n) is 8.17. The van der Waals surface area contributed by atoms with Crippen molar-refractivity contribution in [2.24, 2.45) is 0 Å². The van der Waals surface area contributed by atoms with Crippen molar-refractivity contribution in [1.29, 1.82) is 5.26 Å². The molecule has 3 aromatic rings. The van der Waals surface area contributed by atoms with Gasteiger partial charge in [0.15, 0.2) is 11.5 Å². The molecule has 25 heavy (non-hydrogen) atoms. The maximum atomic E-state index is 9.20. The van der Waals surface area contributed by atoms with E-state index >= 15 is 0 Å². The van der Waals surface area contributed by atoms with Crippen molar-refractivity contribution in [1.82, 2.24) is 19.9 Å². The Kier molecular flexibility index (Phi) is 4.36. The Labute approximate surface area is 149 Å². The predicted molar refractivity (Wildman–Crippen MR) is 96.3 cm³/mol. The van der Waals surface area contributed by atoms with Gasteiger partial charge in [0.1, 0.15) is 6.07 Å². The smallest absolute Gasteiger partial charge is 0.183 e. The Morgan fingerprint density at radius 3 is 2.60 bits per heavy atom. The van der Waals surface area contributed by atoms with Crippen LogP contribution >= 0.6 is 11.3 Å². The van der Waals surface area contributed by atoms with Gasteiger partial charge in [0, 0.05) is 54.7 Å². The van der Waals surface area contributed by atoms with Crippen molar-refractivity contribution in [2.75, 3.05) is 18.0 Å². The molecule has 124 valence electrons. The maximum absolute atomic E-state index is 9.20. The first-order chi connectivity index (χ1) is 12.3. The number of rotatable bonds is 3. The van der Waals surface area contributed by atoms with Crippen molar-refractivity contribution in [3.8, 4) is 17.3 Å². The Morgan fingerprint density at radius 1 is 1.08 bits per heavy atom. The molecule has 4 rings (SSSR count). The lowest BCUT2D eigenvalue weighted by Gasteiger charge is -2.32. The van der Waals surface area contributed by atoms with Gasteiger partial charge in [-0.15, -0.1) is 11.3 Å². The Morgan fingerprint density at radius 2 is 1.84 bits per heavy atom. The van der Waals surface area contributed by atoms with E-state index in [0.29, 0.717) is 17.4 Å². The summed E-state index contributed by atoms with van der Waals surface area (Å²) in [6, 6.07) is 6.10. The Bertz CT molecular complexity index is 893. The molecule has 0 aliphatic carbocycles. The molecule has 0 atom stereocenters. The molecule has 0 N–H and O–H groups in total. The summed E-state index contributed by atoms with van der Waals surface area (Å²) in [4.78, 5) is 19.5. The second-order valence-electron chi connectivity index (χ2n) is 5.91. The molecule has 4 heterocycles. The van der Waals surface area contributed by atoms with E-state index in [4.69, 9.17) is 4.98 Å². The van der Waals surface area contributed by atoms with Gasteiger partial charge < -0.3 is 4.90 Å². The number of hydrogen-bond donors (Lipinski definition) is 0. The Balaban J connectivity index is 1.46. The largest absolute Gasteiger partial charge is 0.354 e. The molecule has 1 aliphatic heterocycles. The highest BCUT2D eigenvalue weighted by Crippen LogP contribution is 2.34. The van der Waals surface area contributed by atoms with Crippen molar-refractivity contribution in [3.05, 3.63) is 53.0 Å². The van der Waals surface area contributed by atoms with Crippen LogP contribution in [-0.2, 0) is 0 Å². The fraction of sp³-hybridized carbons (Fsp3) is 0.278. The summed E-state index contributed by atoms with van der Waals surface area (Å²) in [5.41, 5.74) is 2.52. The van der Waals surface area contributed by atoms with Gasteiger partial charge in [0.05, 0.1) is 10.7 Å². The number of piperidine rings is 1. The van der Waals surface area contributed by atoms with Gasteiger partial charge in [-0.25, -0.2) is 15.0 Å². The van der Waals surface area contributed by atoms with Crippen LogP contribution in [0.3, 0.4) is 0 Å². The van der Waals surface area contributed by atoms with Crippen molar-refractivity contribution >= 4 is 17.2 Å². The second kappa shape index (κ2) is 6.95. The predicted octanol–water partition coefficient (Wildman–Crippen LogP) is 3.25. The molecule has 1 saturated heterocycles. The molecule has 0 unspecified atom stereocenters. The van der Waals surface area contributed by atoms with Crippen LogP contribution in [0.5, 0.6) is 0 Å². The van der Waals surface area contributed by atoms with Crippen LogP contribution in [0.2, 0.25) is 0 Å². The third-order valence-electron chi connectivity index (χ3n) is 4.43. The van der Waals surface area contributed by atoms with E-state index < -0.39 is 0 Å². The summed E-state index contributed by atoms with van der Waals surface area (Å²) in [6.07, 6.45) is 8.80. The van der Waals surface area contributed by atoms with Crippen LogP contribution in [0.15, 0.2) is 42.3 Å². The quantitative estimate of drug-likeness (QED) is 0.723. The third-order valence-corrected chi connectivity index (χ3v) is 5.43. The van der Waals surface area contributed by atoms with E-state index in [2.05, 4.69) is 31.3 Å². The number of hydrogen-bond acceptors (Lipinski definition) is 7. The average Bonchev–Trinajstić information content (AvgIpc) is 3.19. The highest BCUT2D eigenvalue weighted by molar-refractivity contribution is 7.10. The molecular formula is C18H16N6S. The zero-order chi connectivity index (χ0) is 17.1. The fourth-order valence-electron chi connectivity index (χ4n) is 3.11. The molecule has 0 aromatic carbocycles. The van der Waals surface area contributed by atoms with Crippen LogP contribution in [0.1, 0.15) is 29.5 Å². The number of anilines is 1. The van der Waals surface area contributed by atoms with Crippen LogP contribution in [-0.4, -0.2) is 33.0 Å². The minimum Gasteiger partial charge on any atom is -0.354 e. The molecule has 0 spiro atoms. The first-order valence-corrected chi connectivity index (χ1v) is 9.05. The topological polar surface area (TPSA) is 78.6 Å². The van der Waals surface area contributed by atoms with Gasteiger partial charge in [-0.3, -0.25) is 4.98 Å². The molecule has 6 nitrogen and oxygen atoms in total. The van der Waals surface area contributed by atoms with Crippen LogP contribution in [0, 0.1) is 11.3 Å². The van der Waals surface area contributed by atoms with E-state index in [-0.39, 0.29) is 0 Å². The van der Waals surface area contributed by atoms with E-state index in [1.54, 1.807) is 36.1 Å². The number of nitriles is 1. The maximum Gasteiger partial charge on any atom is 0.183 e. The van der Waals surface area contributed by atoms with Crippen molar-refractivity contribution < 1.29 is 0 Å². The zero-order valence-corrected chi connectivity index (χ0v) is 14.4. The normalized spacial score (nSPS) is 15.1. The molecule has 7 heteroatoms. The average molecular weight is 348 g/mol. The van der Waals surface area contributed by atoms with Gasteiger partial charge in [0.25, 0.3) is 0 Å². The van der Waals surface area contributed by atoms with Crippen LogP contribution < -0.4 is 4.90 Å². The summed E-state index contributed by atoms with van der Waals surface area (Å²) in [6.45, 7) is 1.73. The van der Waals surface area contributed by atoms with Gasteiger partial charge in [-0.05, 0) is 25.0 Å². The lowest BCUT2D eigenvalue weighted by molar-refractivity contribution is 0.500. The lowest BCUT2D eigenvalue weighted by atomic mass is 9.97. The minimum atomic E-state index is 0.398. The van der Waals surface area contributed by atoms with E-state index in [9.17, 15) is 5.26 Å². The summed E-state index contributed by atoms with van der Waals surface area (Å²) in [7, 11) is 0. The molecule has 1 fully saturated rings. The molecule has 0 bridgehead atoms. The second-order valence-corrected chi connectivity index (χ2v) is 6.80. The lowest BCUT2D eigenvalue weighted by Crippen LogP contribution is -2.34. The van der Waals surface area contributed by atoms with Crippen LogP contribution in [0.4, 0.5) is 5.82 Å². The first kappa shape index (κ1) is 15.7. The number of thiazole rings is 1. The van der Waals surface area contributed by atoms with Crippen LogP contribution in [0.25, 0.3) is 11.3 Å². The van der Waals surface area contributed by atoms with Gasteiger partial charge in [-0.1, -0.05) is 0 Å². The minimum absolute atomic E-state index is 0.398. The summed E-state index contributed by atoms with van der Waals surface area (Å²) >= 11 is 1.73. The number of aromatic nitrogens is 4. The molecule has 1 aliphatic rings. The number of nitrogens with zero attached hydrogens (tertiary/aromatic N) is 6. The van der Waals surface area contributed by atoms with Gasteiger partial charge >= 0.3 is 0 Å². The molecular weight excluding hydrogens is 332 g/mol. The highest BCUT2D eigenvalue weighted by atomic mass is 32.1. The SMILES string of the molecule is N#Cc1nccnc1N1CCC(c2nc(-c3ccncc3)cs2)CC1. The summed E-state index contributed by atoms with van der Waals surface area (Å²) < 4.78 is 0. The van der Waals surface area contributed by atoms with Gasteiger partial charge in [0.2, 0.25) is 0 Å². The monoisotopic (exact) mass is 348 g/mol. The number of pyridine rings is 1. The molecule has 0 amide bonds. The molecule has 3 aromatic heterocycles. The van der Waals surface area contributed by atoms with Crippen molar-refractivity contribution in [3.63, 3.8) is 0 Å². The Hall–Kier alpha value is -2.85. The standard InChI is InChI=1S/C18H16N6S/c19-11-15-17(22-8-7-21-15)24-9-3-14(4-10-24)18-23-16(12-25-18)13-1-5-20-6-2-13/h1-2,5-8,12,14H,3-4,9-10H2. The third kappa shape index (κ3) is 3.21. The van der Waals surface area contributed by atoms with Gasteiger partial charge in [-0.2, -0.15) is 5.26 Å². The zero-order valence-electron chi connectivity index (χ0n) is 13.5. The van der Waals surface area contributed by atoms with E-state index in [0.717, 1.165) is 37.2 Å². The highest BCUT2D eigenvalue weighted by Gasteiger charge is 2.25. The summed E-state index contributed by atoms with van der Waals surface area (Å²) in [5.74, 6) is 1.15. The van der Waals surface area contributed by atoms with E-state index in [1.807, 2.05) is 12.1 Å².